The maximum Gasteiger partial charge on any atom is 0.0845 e. The monoisotopic (exact) mass is 575 g/mol. The van der Waals surface area contributed by atoms with Gasteiger partial charge in [0.2, 0.25) is 0 Å². The third kappa shape index (κ3) is 4.57. The number of nitrogens with zero attached hydrogens (tertiary/aromatic N) is 3. The van der Waals surface area contributed by atoms with Crippen LogP contribution >= 0.6 is 43.5 Å². The molecule has 1 aliphatic rings. The van der Waals surface area contributed by atoms with Gasteiger partial charge in [-0.2, -0.15) is 0 Å². The van der Waals surface area contributed by atoms with E-state index >= 15 is 0 Å². The molecule has 1 aromatic heterocycles. The Morgan fingerprint density at radius 2 is 1.34 bits per heavy atom. The van der Waals surface area contributed by atoms with Gasteiger partial charge in [0.25, 0.3) is 0 Å². The molecule has 5 rings (SSSR count). The Labute approximate surface area is 209 Å². The first kappa shape index (κ1) is 22.2. The van der Waals surface area contributed by atoms with Crippen molar-refractivity contribution in [3.63, 3.8) is 0 Å². The Morgan fingerprint density at radius 3 is 1.91 bits per heavy atom. The Balaban J connectivity index is 1.29. The predicted octanol–water partition coefficient (Wildman–Crippen LogP) is 6.16. The number of hydrogen-bond donors (Lipinski definition) is 1. The number of aliphatic hydroxyl groups is 1. The van der Waals surface area contributed by atoms with E-state index < -0.39 is 6.10 Å². The summed E-state index contributed by atoms with van der Waals surface area (Å²) in [5.74, 6) is 0. The molecule has 0 aliphatic carbocycles. The van der Waals surface area contributed by atoms with Crippen LogP contribution in [0.2, 0.25) is 5.02 Å². The normalized spacial score (nSPS) is 16.2. The maximum absolute atomic E-state index is 11.0. The largest absolute Gasteiger partial charge is 0.390 e. The molecule has 7 heteroatoms. The second kappa shape index (κ2) is 9.35. The summed E-state index contributed by atoms with van der Waals surface area (Å²) in [7, 11) is 0. The number of piperazine rings is 1. The molecule has 0 radical (unpaired) electrons. The van der Waals surface area contributed by atoms with E-state index in [2.05, 4.69) is 94.8 Å². The van der Waals surface area contributed by atoms with Crippen LogP contribution in [0.4, 0.5) is 5.69 Å². The minimum absolute atomic E-state index is 0.442. The molecule has 3 aromatic carbocycles. The van der Waals surface area contributed by atoms with Crippen molar-refractivity contribution < 1.29 is 5.11 Å². The van der Waals surface area contributed by atoms with Crippen LogP contribution in [0.5, 0.6) is 0 Å². The molecule has 166 valence electrons. The molecule has 1 fully saturated rings. The maximum atomic E-state index is 11.0. The molecule has 2 heterocycles. The Kier molecular flexibility index (Phi) is 6.50. The smallest absolute Gasteiger partial charge is 0.0845 e. The molecule has 1 N–H and O–H groups in total. The van der Waals surface area contributed by atoms with Crippen LogP contribution in [-0.2, 0) is 6.54 Å². The quantitative estimate of drug-likeness (QED) is 0.309. The Morgan fingerprint density at radius 1 is 0.781 bits per heavy atom. The first-order valence-electron chi connectivity index (χ1n) is 10.8. The summed E-state index contributed by atoms with van der Waals surface area (Å²) < 4.78 is 4.37. The summed E-state index contributed by atoms with van der Waals surface area (Å²) >= 11 is 13.2. The first-order chi connectivity index (χ1) is 15.5. The van der Waals surface area contributed by atoms with Gasteiger partial charge in [0.05, 0.1) is 12.6 Å². The average molecular weight is 578 g/mol. The minimum Gasteiger partial charge on any atom is -0.390 e. The molecule has 1 aliphatic heterocycles. The molecule has 0 amide bonds. The summed E-state index contributed by atoms with van der Waals surface area (Å²) in [6, 6.07) is 20.7. The van der Waals surface area contributed by atoms with E-state index in [1.54, 1.807) is 0 Å². The molecule has 32 heavy (non-hydrogen) atoms. The fraction of sp³-hybridized carbons (Fsp3) is 0.280. The predicted molar refractivity (Wildman–Crippen MR) is 141 cm³/mol. The van der Waals surface area contributed by atoms with Crippen molar-refractivity contribution in [1.29, 1.82) is 0 Å². The Bertz CT molecular complexity index is 1190. The van der Waals surface area contributed by atoms with Crippen molar-refractivity contribution in [3.05, 3.63) is 74.6 Å². The van der Waals surface area contributed by atoms with Crippen molar-refractivity contribution in [2.24, 2.45) is 0 Å². The molecular formula is C25H24Br2ClN3O. The minimum atomic E-state index is -0.442. The van der Waals surface area contributed by atoms with Gasteiger partial charge < -0.3 is 14.6 Å². The lowest BCUT2D eigenvalue weighted by Crippen LogP contribution is -2.49. The van der Waals surface area contributed by atoms with Gasteiger partial charge in [-0.05, 0) is 60.7 Å². The number of hydrogen-bond acceptors (Lipinski definition) is 3. The fourth-order valence-electron chi connectivity index (χ4n) is 4.65. The van der Waals surface area contributed by atoms with E-state index in [-0.39, 0.29) is 0 Å². The third-order valence-corrected chi connectivity index (χ3v) is 7.45. The number of benzene rings is 3. The van der Waals surface area contributed by atoms with Crippen molar-refractivity contribution in [1.82, 2.24) is 9.47 Å². The third-order valence-electron chi connectivity index (χ3n) is 6.22. The van der Waals surface area contributed by atoms with Crippen molar-refractivity contribution in [3.8, 4) is 0 Å². The van der Waals surface area contributed by atoms with Gasteiger partial charge in [0.15, 0.2) is 0 Å². The lowest BCUT2D eigenvalue weighted by molar-refractivity contribution is 0.0969. The highest BCUT2D eigenvalue weighted by Gasteiger charge is 2.21. The highest BCUT2D eigenvalue weighted by Crippen LogP contribution is 2.33. The number of aromatic nitrogens is 1. The second-order valence-corrected chi connectivity index (χ2v) is 10.6. The Hall–Kier alpha value is -1.57. The average Bonchev–Trinajstić information content (AvgIpc) is 3.07. The van der Waals surface area contributed by atoms with E-state index in [1.165, 1.54) is 16.5 Å². The van der Waals surface area contributed by atoms with Crippen LogP contribution in [0, 0.1) is 0 Å². The van der Waals surface area contributed by atoms with E-state index in [0.29, 0.717) is 13.1 Å². The molecular weight excluding hydrogens is 554 g/mol. The molecule has 0 bridgehead atoms. The lowest BCUT2D eigenvalue weighted by atomic mass is 10.2. The van der Waals surface area contributed by atoms with Crippen LogP contribution in [-0.4, -0.2) is 53.4 Å². The summed E-state index contributed by atoms with van der Waals surface area (Å²) in [6.45, 7) is 5.01. The molecule has 4 aromatic rings. The molecule has 1 saturated heterocycles. The number of anilines is 1. The standard InChI is InChI=1S/C25H24Br2ClN3O/c26-17-1-7-24-22(13-17)23-14-18(27)2-8-25(23)31(24)16-21(32)15-29-9-11-30(12-10-29)20-5-3-19(28)4-6-20/h1-8,13-14,21,32H,9-12,15-16H2. The second-order valence-electron chi connectivity index (χ2n) is 8.35. The lowest BCUT2D eigenvalue weighted by Gasteiger charge is -2.37. The zero-order valence-corrected chi connectivity index (χ0v) is 21.4. The summed E-state index contributed by atoms with van der Waals surface area (Å²) in [5.41, 5.74) is 3.50. The molecule has 4 nitrogen and oxygen atoms in total. The highest BCUT2D eigenvalue weighted by atomic mass is 79.9. The number of aliphatic hydroxyl groups excluding tert-OH is 1. The summed E-state index contributed by atoms with van der Waals surface area (Å²) in [6.07, 6.45) is -0.442. The topological polar surface area (TPSA) is 31.6 Å². The van der Waals surface area contributed by atoms with E-state index in [0.717, 1.165) is 51.2 Å². The highest BCUT2D eigenvalue weighted by molar-refractivity contribution is 9.10. The van der Waals surface area contributed by atoms with Gasteiger partial charge in [0, 0.05) is 74.2 Å². The van der Waals surface area contributed by atoms with Gasteiger partial charge in [-0.1, -0.05) is 43.5 Å². The number of halogens is 3. The van der Waals surface area contributed by atoms with Gasteiger partial charge in [-0.15, -0.1) is 0 Å². The number of β-amino-alcohol motifs (C(OH)–C–C–N with tert-alkyl or cyclic N) is 1. The van der Waals surface area contributed by atoms with Crippen LogP contribution < -0.4 is 4.90 Å². The van der Waals surface area contributed by atoms with Gasteiger partial charge in [-0.25, -0.2) is 0 Å². The number of fused-ring (bicyclic) bond motifs is 3. The molecule has 0 saturated carbocycles. The van der Waals surface area contributed by atoms with Crippen LogP contribution in [0.25, 0.3) is 21.8 Å². The molecule has 1 unspecified atom stereocenters. The molecule has 0 spiro atoms. The zero-order valence-electron chi connectivity index (χ0n) is 17.5. The van der Waals surface area contributed by atoms with Crippen molar-refractivity contribution in [2.75, 3.05) is 37.6 Å². The van der Waals surface area contributed by atoms with Crippen LogP contribution in [0.1, 0.15) is 0 Å². The summed E-state index contributed by atoms with van der Waals surface area (Å²) in [4.78, 5) is 4.74. The SMILES string of the molecule is OC(CN1CCN(c2ccc(Cl)cc2)CC1)Cn1c2ccc(Br)cc2c2cc(Br)ccc21. The van der Waals surface area contributed by atoms with Crippen LogP contribution in [0.3, 0.4) is 0 Å². The van der Waals surface area contributed by atoms with Crippen molar-refractivity contribution in [2.45, 2.75) is 12.6 Å². The zero-order chi connectivity index (χ0) is 22.2. The number of rotatable bonds is 5. The first-order valence-corrected chi connectivity index (χ1v) is 12.7. The van der Waals surface area contributed by atoms with E-state index in [1.807, 2.05) is 12.1 Å². The fourth-order valence-corrected chi connectivity index (χ4v) is 5.50. The van der Waals surface area contributed by atoms with Gasteiger partial charge in [-0.3, -0.25) is 4.90 Å². The van der Waals surface area contributed by atoms with Crippen LogP contribution in [0.15, 0.2) is 69.6 Å². The molecule has 1 atom stereocenters. The summed E-state index contributed by atoms with van der Waals surface area (Å²) in [5, 5.41) is 14.2. The van der Waals surface area contributed by atoms with Gasteiger partial charge in [0.1, 0.15) is 0 Å². The van der Waals surface area contributed by atoms with Gasteiger partial charge >= 0.3 is 0 Å². The van der Waals surface area contributed by atoms with E-state index in [9.17, 15) is 5.11 Å². The van der Waals surface area contributed by atoms with E-state index in [4.69, 9.17) is 11.6 Å². The van der Waals surface area contributed by atoms with Crippen molar-refractivity contribution >= 4 is 71.0 Å².